The molecular formula is C64H125N2O7P. The van der Waals surface area contributed by atoms with Gasteiger partial charge in [-0.2, -0.15) is 0 Å². The molecule has 3 atom stereocenters. The zero-order valence-electron chi connectivity index (χ0n) is 50.1. The molecule has 1 N–H and O–H groups in total. The third-order valence-electron chi connectivity index (χ3n) is 14.6. The standard InChI is InChI=1S/C64H125N2O7P/c1-7-10-13-16-19-22-25-28-30-32-33-34-36-39-42-45-48-51-54-57-64(68)73-62(55-52-49-46-43-40-37-27-24-21-18-15-12-9-3)61(60-72-74(69,70)71-59-58-66(4,5)6)65-63(67)56-53-50-47-44-41-38-35-31-29-26-23-20-17-14-11-8-2/h28,30,52,55,61-62H,7-27,29,31-51,53-54,56-60H2,1-6H3,(H-,65,67,69,70)/b30-28+,55-52+. The van der Waals surface area contributed by atoms with Crippen LogP contribution in [-0.4, -0.2) is 69.4 Å². The van der Waals surface area contributed by atoms with E-state index in [4.69, 9.17) is 13.8 Å². The van der Waals surface area contributed by atoms with Crippen LogP contribution in [0.15, 0.2) is 24.3 Å². The van der Waals surface area contributed by atoms with E-state index in [9.17, 15) is 19.0 Å². The maximum Gasteiger partial charge on any atom is 0.306 e. The quantitative estimate of drug-likeness (QED) is 0.0212. The van der Waals surface area contributed by atoms with Crippen molar-refractivity contribution in [1.82, 2.24) is 5.32 Å². The van der Waals surface area contributed by atoms with Gasteiger partial charge in [0.25, 0.3) is 7.82 Å². The lowest BCUT2D eigenvalue weighted by molar-refractivity contribution is -0.870. The second-order valence-electron chi connectivity index (χ2n) is 23.3. The Balaban J connectivity index is 5.23. The molecule has 0 heterocycles. The first-order valence-corrected chi connectivity index (χ1v) is 33.6. The summed E-state index contributed by atoms with van der Waals surface area (Å²) in [6.07, 6.45) is 64.2. The van der Waals surface area contributed by atoms with Crippen LogP contribution in [0.5, 0.6) is 0 Å². The predicted molar refractivity (Wildman–Crippen MR) is 317 cm³/mol. The Morgan fingerprint density at radius 1 is 0.459 bits per heavy atom. The molecule has 74 heavy (non-hydrogen) atoms. The van der Waals surface area contributed by atoms with E-state index < -0.39 is 20.0 Å². The Labute approximate surface area is 460 Å². The first-order chi connectivity index (χ1) is 35.9. The summed E-state index contributed by atoms with van der Waals surface area (Å²) >= 11 is 0. The Kier molecular flexibility index (Phi) is 53.7. The molecule has 0 radical (unpaired) electrons. The van der Waals surface area contributed by atoms with E-state index in [1.807, 2.05) is 33.3 Å². The lowest BCUT2D eigenvalue weighted by Crippen LogP contribution is -2.47. The highest BCUT2D eigenvalue weighted by Crippen LogP contribution is 2.38. The average molecular weight is 1070 g/mol. The van der Waals surface area contributed by atoms with Crippen molar-refractivity contribution in [3.05, 3.63) is 24.3 Å². The third kappa shape index (κ3) is 55.3. The number of ether oxygens (including phenoxy) is 1. The number of nitrogens with zero attached hydrogens (tertiary/aromatic N) is 1. The van der Waals surface area contributed by atoms with Gasteiger partial charge in [-0.25, -0.2) is 0 Å². The molecule has 3 unspecified atom stereocenters. The Morgan fingerprint density at radius 2 is 0.784 bits per heavy atom. The number of nitrogens with one attached hydrogen (secondary N) is 1. The molecule has 0 aliphatic rings. The van der Waals surface area contributed by atoms with Crippen LogP contribution < -0.4 is 10.2 Å². The number of quaternary nitrogens is 1. The smallest absolute Gasteiger partial charge is 0.306 e. The van der Waals surface area contributed by atoms with Gasteiger partial charge in [-0.3, -0.25) is 14.2 Å². The van der Waals surface area contributed by atoms with Crippen molar-refractivity contribution in [2.75, 3.05) is 40.9 Å². The van der Waals surface area contributed by atoms with Crippen molar-refractivity contribution < 1.29 is 37.3 Å². The molecule has 0 spiro atoms. The van der Waals surface area contributed by atoms with Crippen LogP contribution in [-0.2, 0) is 27.9 Å². The van der Waals surface area contributed by atoms with Gasteiger partial charge in [0.15, 0.2) is 0 Å². The molecule has 0 aromatic rings. The number of phosphoric ester groups is 1. The molecule has 0 aliphatic heterocycles. The number of allylic oxidation sites excluding steroid dienone is 3. The normalized spacial score (nSPS) is 13.8. The number of carbonyl (C=O) groups excluding carboxylic acids is 2. The molecule has 0 saturated carbocycles. The first kappa shape index (κ1) is 72.5. The Morgan fingerprint density at radius 3 is 1.15 bits per heavy atom. The molecule has 10 heteroatoms. The first-order valence-electron chi connectivity index (χ1n) is 32.1. The van der Waals surface area contributed by atoms with Gasteiger partial charge >= 0.3 is 5.97 Å². The van der Waals surface area contributed by atoms with E-state index in [1.165, 1.54) is 231 Å². The zero-order valence-corrected chi connectivity index (χ0v) is 51.0. The molecule has 0 bridgehead atoms. The summed E-state index contributed by atoms with van der Waals surface area (Å²) in [5.74, 6) is -0.525. The molecule has 0 fully saturated rings. The molecule has 0 aromatic carbocycles. The minimum atomic E-state index is -4.69. The second kappa shape index (κ2) is 54.8. The summed E-state index contributed by atoms with van der Waals surface area (Å²) in [4.78, 5) is 40.0. The van der Waals surface area contributed by atoms with Crippen LogP contribution in [0.2, 0.25) is 0 Å². The van der Waals surface area contributed by atoms with Crippen LogP contribution in [0.25, 0.3) is 0 Å². The number of carbonyl (C=O) groups is 2. The lowest BCUT2D eigenvalue weighted by Gasteiger charge is -2.30. The second-order valence-corrected chi connectivity index (χ2v) is 24.7. The maximum atomic E-state index is 13.5. The molecule has 1 amide bonds. The highest BCUT2D eigenvalue weighted by atomic mass is 31.2. The number of hydrogen-bond donors (Lipinski definition) is 1. The van der Waals surface area contributed by atoms with E-state index in [2.05, 4.69) is 38.2 Å². The molecule has 438 valence electrons. The zero-order chi connectivity index (χ0) is 54.3. The van der Waals surface area contributed by atoms with Crippen molar-refractivity contribution in [3.8, 4) is 0 Å². The minimum Gasteiger partial charge on any atom is -0.756 e. The number of likely N-dealkylation sites (N-methyl/N-ethyl adjacent to an activating group) is 1. The van der Waals surface area contributed by atoms with E-state index in [-0.39, 0.29) is 31.5 Å². The van der Waals surface area contributed by atoms with Gasteiger partial charge in [0.2, 0.25) is 5.91 Å². The fraction of sp³-hybridized carbons (Fsp3) is 0.906. The van der Waals surface area contributed by atoms with Crippen LogP contribution >= 0.6 is 7.82 Å². The molecule has 0 aromatic heterocycles. The largest absolute Gasteiger partial charge is 0.756 e. The Hall–Kier alpha value is -1.51. The summed E-state index contributed by atoms with van der Waals surface area (Å²) in [5, 5.41) is 3.04. The maximum absolute atomic E-state index is 13.5. The lowest BCUT2D eigenvalue weighted by atomic mass is 10.0. The highest BCUT2D eigenvalue weighted by molar-refractivity contribution is 7.45. The SMILES string of the molecule is CCCCCCCC/C=C/CCCCCCCCCCCC(=O)OC(/C=C/CCCCCCCCCCCCC)C(COP(=O)([O-])OCC[N+](C)(C)C)NC(=O)CCCCCCCCCCCCCCCCCC. The van der Waals surface area contributed by atoms with Gasteiger partial charge in [-0.05, 0) is 57.4 Å². The van der Waals surface area contributed by atoms with Gasteiger partial charge in [-0.15, -0.1) is 0 Å². The molecule has 9 nitrogen and oxygen atoms in total. The summed E-state index contributed by atoms with van der Waals surface area (Å²) in [6, 6.07) is -0.883. The number of hydrogen-bond acceptors (Lipinski definition) is 7. The third-order valence-corrected chi connectivity index (χ3v) is 15.6. The Bertz CT molecular complexity index is 1320. The van der Waals surface area contributed by atoms with Crippen LogP contribution in [0.3, 0.4) is 0 Å². The van der Waals surface area contributed by atoms with Crippen molar-refractivity contribution in [2.24, 2.45) is 0 Å². The summed E-state index contributed by atoms with van der Waals surface area (Å²) < 4.78 is 30.4. The highest BCUT2D eigenvalue weighted by Gasteiger charge is 2.27. The monoisotopic (exact) mass is 1060 g/mol. The van der Waals surface area contributed by atoms with Gasteiger partial charge in [0, 0.05) is 12.8 Å². The van der Waals surface area contributed by atoms with Gasteiger partial charge in [-0.1, -0.05) is 277 Å². The fourth-order valence-electron chi connectivity index (χ4n) is 9.64. The molecule has 0 aliphatic carbocycles. The van der Waals surface area contributed by atoms with Crippen molar-refractivity contribution in [1.29, 1.82) is 0 Å². The predicted octanol–water partition coefficient (Wildman–Crippen LogP) is 19.1. The van der Waals surface area contributed by atoms with E-state index in [0.29, 0.717) is 17.4 Å². The molecular weight excluding hydrogens is 940 g/mol. The summed E-state index contributed by atoms with van der Waals surface area (Å²) in [5.41, 5.74) is 0. The van der Waals surface area contributed by atoms with Crippen LogP contribution in [0.1, 0.15) is 323 Å². The number of phosphoric acid groups is 1. The van der Waals surface area contributed by atoms with Crippen LogP contribution in [0.4, 0.5) is 0 Å². The van der Waals surface area contributed by atoms with Gasteiger partial charge < -0.3 is 28.5 Å². The molecule has 0 saturated heterocycles. The topological polar surface area (TPSA) is 114 Å². The van der Waals surface area contributed by atoms with E-state index >= 15 is 0 Å². The van der Waals surface area contributed by atoms with Crippen molar-refractivity contribution in [3.63, 3.8) is 0 Å². The average Bonchev–Trinajstić information content (AvgIpc) is 3.36. The van der Waals surface area contributed by atoms with Gasteiger partial charge in [0.05, 0.1) is 33.8 Å². The van der Waals surface area contributed by atoms with Crippen LogP contribution in [0, 0.1) is 0 Å². The van der Waals surface area contributed by atoms with Crippen molar-refractivity contribution in [2.45, 2.75) is 335 Å². The number of unbranched alkanes of at least 4 members (excludes halogenated alkanes) is 41. The number of amides is 1. The van der Waals surface area contributed by atoms with E-state index in [1.54, 1.807) is 0 Å². The van der Waals surface area contributed by atoms with E-state index in [0.717, 1.165) is 57.8 Å². The number of esters is 1. The summed E-state index contributed by atoms with van der Waals surface area (Å²) in [7, 11) is 1.20. The minimum absolute atomic E-state index is 0.0188. The fourth-order valence-corrected chi connectivity index (χ4v) is 10.4. The van der Waals surface area contributed by atoms with Crippen molar-refractivity contribution >= 4 is 19.7 Å². The number of rotatable bonds is 59. The van der Waals surface area contributed by atoms with Gasteiger partial charge in [0.1, 0.15) is 19.3 Å². The molecule has 0 rings (SSSR count). The summed E-state index contributed by atoms with van der Waals surface area (Å²) in [6.45, 7) is 6.89.